The van der Waals surface area contributed by atoms with Gasteiger partial charge in [-0.1, -0.05) is 49.4 Å². The van der Waals surface area contributed by atoms with Gasteiger partial charge < -0.3 is 5.32 Å². The molecule has 2 aromatic carbocycles. The summed E-state index contributed by atoms with van der Waals surface area (Å²) in [5.74, 6) is 1.68. The van der Waals surface area contributed by atoms with Crippen LogP contribution in [-0.4, -0.2) is 31.1 Å². The van der Waals surface area contributed by atoms with E-state index in [1.807, 2.05) is 42.5 Å². The molecular weight excluding hydrogens is 360 g/mol. The molecule has 6 nitrogen and oxygen atoms in total. The second-order valence-electron chi connectivity index (χ2n) is 7.05. The number of para-hydroxylation sites is 1. The zero-order valence-corrected chi connectivity index (χ0v) is 16.0. The Bertz CT molecular complexity index is 1260. The van der Waals surface area contributed by atoms with Crippen LogP contribution in [0.25, 0.3) is 27.9 Å². The number of aromatic nitrogens is 5. The van der Waals surface area contributed by atoms with E-state index in [0.29, 0.717) is 17.7 Å². The fraction of sp³-hybridized carbons (Fsp3) is 0.130. The molecule has 1 unspecified atom stereocenters. The molecule has 29 heavy (non-hydrogen) atoms. The average Bonchev–Trinajstić information content (AvgIpc) is 3.24. The summed E-state index contributed by atoms with van der Waals surface area (Å²) in [4.78, 5) is 13.7. The van der Waals surface area contributed by atoms with Crippen LogP contribution in [0.2, 0.25) is 0 Å². The summed E-state index contributed by atoms with van der Waals surface area (Å²) >= 11 is 0. The van der Waals surface area contributed by atoms with Crippen LogP contribution >= 0.6 is 0 Å². The Morgan fingerprint density at radius 3 is 2.48 bits per heavy atom. The molecule has 0 radical (unpaired) electrons. The van der Waals surface area contributed by atoms with Crippen molar-refractivity contribution < 1.29 is 0 Å². The van der Waals surface area contributed by atoms with Gasteiger partial charge in [-0.25, -0.2) is 9.97 Å². The summed E-state index contributed by atoms with van der Waals surface area (Å²) in [5, 5.41) is 9.19. The number of rotatable bonds is 5. The van der Waals surface area contributed by atoms with Gasteiger partial charge in [0.25, 0.3) is 0 Å². The first kappa shape index (κ1) is 17.3. The number of hydrogen-bond acceptors (Lipinski definition) is 5. The number of anilines is 1. The molecule has 5 aromatic rings. The summed E-state index contributed by atoms with van der Waals surface area (Å²) in [5.41, 5.74) is 3.89. The van der Waals surface area contributed by atoms with E-state index in [4.69, 9.17) is 15.1 Å². The molecule has 0 fully saturated rings. The second-order valence-corrected chi connectivity index (χ2v) is 7.05. The summed E-state index contributed by atoms with van der Waals surface area (Å²) in [6.07, 6.45) is 3.50. The first-order valence-electron chi connectivity index (χ1n) is 9.64. The normalized spacial score (nSPS) is 12.3. The molecule has 0 aliphatic heterocycles. The van der Waals surface area contributed by atoms with Crippen molar-refractivity contribution in [1.82, 2.24) is 24.6 Å². The van der Waals surface area contributed by atoms with Gasteiger partial charge in [0.05, 0.1) is 5.52 Å². The molecular formula is C23H20N6. The van der Waals surface area contributed by atoms with Gasteiger partial charge in [-0.3, -0.25) is 4.98 Å². The quantitative estimate of drug-likeness (QED) is 0.484. The van der Waals surface area contributed by atoms with Crippen LogP contribution in [0.1, 0.15) is 18.4 Å². The van der Waals surface area contributed by atoms with E-state index >= 15 is 0 Å². The summed E-state index contributed by atoms with van der Waals surface area (Å²) < 4.78 is 1.80. The number of nitrogens with one attached hydrogen (secondary N) is 1. The molecule has 0 saturated heterocycles. The Hall–Kier alpha value is -3.80. The number of fused-ring (bicyclic) bond motifs is 3. The fourth-order valence-electron chi connectivity index (χ4n) is 3.44. The lowest BCUT2D eigenvalue weighted by Crippen LogP contribution is -2.14. The van der Waals surface area contributed by atoms with E-state index in [-0.39, 0.29) is 0 Å². The minimum atomic E-state index is 0.336. The molecule has 0 amide bonds. The van der Waals surface area contributed by atoms with Crippen molar-refractivity contribution in [1.29, 1.82) is 0 Å². The molecule has 0 bridgehead atoms. The molecule has 142 valence electrons. The van der Waals surface area contributed by atoms with E-state index in [0.717, 1.165) is 28.7 Å². The summed E-state index contributed by atoms with van der Waals surface area (Å²) in [6.45, 7) is 2.94. The van der Waals surface area contributed by atoms with Gasteiger partial charge in [0.2, 0.25) is 5.95 Å². The molecule has 1 N–H and O–H groups in total. The number of benzene rings is 2. The highest BCUT2D eigenvalue weighted by Crippen LogP contribution is 2.24. The van der Waals surface area contributed by atoms with Crippen LogP contribution in [0.4, 0.5) is 5.95 Å². The Morgan fingerprint density at radius 1 is 0.897 bits per heavy atom. The predicted octanol–water partition coefficient (Wildman–Crippen LogP) is 4.56. The third kappa shape index (κ3) is 3.29. The first-order chi connectivity index (χ1) is 14.3. The van der Waals surface area contributed by atoms with Gasteiger partial charge in [-0.05, 0) is 35.7 Å². The monoisotopic (exact) mass is 380 g/mol. The van der Waals surface area contributed by atoms with Crippen LogP contribution in [-0.2, 0) is 0 Å². The van der Waals surface area contributed by atoms with E-state index < -0.39 is 0 Å². The molecule has 3 heterocycles. The van der Waals surface area contributed by atoms with E-state index in [1.54, 1.807) is 16.9 Å². The van der Waals surface area contributed by atoms with Crippen LogP contribution in [0.5, 0.6) is 0 Å². The van der Waals surface area contributed by atoms with Crippen LogP contribution in [0.15, 0.2) is 79.1 Å². The third-order valence-corrected chi connectivity index (χ3v) is 5.05. The van der Waals surface area contributed by atoms with Crippen molar-refractivity contribution in [2.45, 2.75) is 12.8 Å². The van der Waals surface area contributed by atoms with Gasteiger partial charge in [-0.15, -0.1) is 5.10 Å². The maximum Gasteiger partial charge on any atom is 0.226 e. The fourth-order valence-corrected chi connectivity index (χ4v) is 3.44. The summed E-state index contributed by atoms with van der Waals surface area (Å²) in [6, 6.07) is 22.3. The Kier molecular flexibility index (Phi) is 4.37. The zero-order chi connectivity index (χ0) is 19.6. The molecule has 3 aromatic heterocycles. The molecule has 6 heteroatoms. The highest BCUT2D eigenvalue weighted by molar-refractivity contribution is 5.92. The van der Waals surface area contributed by atoms with Crippen molar-refractivity contribution in [2.24, 2.45) is 0 Å². The molecule has 0 spiro atoms. The van der Waals surface area contributed by atoms with Crippen molar-refractivity contribution in [2.75, 3.05) is 11.9 Å². The van der Waals surface area contributed by atoms with Crippen LogP contribution in [0, 0.1) is 0 Å². The SMILES string of the molecule is CC(CNc1nc2ccccc2c2nc(-c3ccncc3)nn12)c1ccccc1. The van der Waals surface area contributed by atoms with Crippen LogP contribution < -0.4 is 5.32 Å². The average molecular weight is 380 g/mol. The smallest absolute Gasteiger partial charge is 0.226 e. The highest BCUT2D eigenvalue weighted by atomic mass is 15.4. The van der Waals surface area contributed by atoms with Gasteiger partial charge in [-0.2, -0.15) is 4.52 Å². The molecule has 0 aliphatic rings. The number of nitrogens with zero attached hydrogens (tertiary/aromatic N) is 5. The Labute approximate surface area is 168 Å². The maximum atomic E-state index is 4.81. The Morgan fingerprint density at radius 2 is 1.66 bits per heavy atom. The van der Waals surface area contributed by atoms with Gasteiger partial charge in [0.1, 0.15) is 0 Å². The van der Waals surface area contributed by atoms with E-state index in [1.165, 1.54) is 5.56 Å². The van der Waals surface area contributed by atoms with Crippen molar-refractivity contribution in [3.63, 3.8) is 0 Å². The number of pyridine rings is 1. The predicted molar refractivity (Wildman–Crippen MR) is 115 cm³/mol. The van der Waals surface area contributed by atoms with Crippen molar-refractivity contribution in [3.8, 4) is 11.4 Å². The Balaban J connectivity index is 1.57. The molecule has 0 saturated carbocycles. The minimum Gasteiger partial charge on any atom is -0.354 e. The lowest BCUT2D eigenvalue weighted by molar-refractivity contribution is 0.788. The number of hydrogen-bond donors (Lipinski definition) is 1. The molecule has 1 atom stereocenters. The van der Waals surface area contributed by atoms with Crippen molar-refractivity contribution >= 4 is 22.5 Å². The lowest BCUT2D eigenvalue weighted by Gasteiger charge is -2.14. The van der Waals surface area contributed by atoms with Gasteiger partial charge in [0.15, 0.2) is 11.5 Å². The minimum absolute atomic E-state index is 0.336. The van der Waals surface area contributed by atoms with E-state index in [2.05, 4.69) is 41.5 Å². The third-order valence-electron chi connectivity index (χ3n) is 5.05. The van der Waals surface area contributed by atoms with Gasteiger partial charge >= 0.3 is 0 Å². The molecule has 5 rings (SSSR count). The zero-order valence-electron chi connectivity index (χ0n) is 16.0. The lowest BCUT2D eigenvalue weighted by atomic mass is 10.0. The van der Waals surface area contributed by atoms with Crippen molar-refractivity contribution in [3.05, 3.63) is 84.7 Å². The largest absolute Gasteiger partial charge is 0.354 e. The standard InChI is InChI=1S/C23H20N6/c1-16(17-7-3-2-4-8-17)15-25-23-26-20-10-6-5-9-19(20)22-27-21(28-29(22)23)18-11-13-24-14-12-18/h2-14,16H,15H2,1H3,(H,25,26). The molecule has 0 aliphatic carbocycles. The van der Waals surface area contributed by atoms with Gasteiger partial charge in [0, 0.05) is 29.9 Å². The second kappa shape index (κ2) is 7.31. The topological polar surface area (TPSA) is 68.0 Å². The van der Waals surface area contributed by atoms with E-state index in [9.17, 15) is 0 Å². The summed E-state index contributed by atoms with van der Waals surface area (Å²) in [7, 11) is 0. The first-order valence-corrected chi connectivity index (χ1v) is 9.64. The van der Waals surface area contributed by atoms with Crippen LogP contribution in [0.3, 0.4) is 0 Å². The highest BCUT2D eigenvalue weighted by Gasteiger charge is 2.15. The maximum absolute atomic E-state index is 4.81.